The number of benzene rings is 1. The van der Waals surface area contributed by atoms with E-state index >= 15 is 0 Å². The van der Waals surface area contributed by atoms with Gasteiger partial charge in [0.1, 0.15) is 6.04 Å². The first-order chi connectivity index (χ1) is 9.58. The highest BCUT2D eigenvalue weighted by Crippen LogP contribution is 2.16. The molecule has 0 bridgehead atoms. The fourth-order valence-corrected chi connectivity index (χ4v) is 2.48. The van der Waals surface area contributed by atoms with Gasteiger partial charge < -0.3 is 15.7 Å². The Morgan fingerprint density at radius 1 is 1.19 bits per heavy atom. The van der Waals surface area contributed by atoms with Gasteiger partial charge in [-0.15, -0.1) is 12.4 Å². The Morgan fingerprint density at radius 3 is 2.19 bits per heavy atom. The minimum absolute atomic E-state index is 0. The molecule has 0 saturated heterocycles. The van der Waals surface area contributed by atoms with Crippen molar-refractivity contribution >= 4 is 24.3 Å². The molecule has 6 heteroatoms. The summed E-state index contributed by atoms with van der Waals surface area (Å²) in [7, 11) is 0. The van der Waals surface area contributed by atoms with Crippen LogP contribution in [-0.2, 0) is 22.4 Å². The van der Waals surface area contributed by atoms with Gasteiger partial charge in [-0.05, 0) is 30.4 Å². The molecule has 2 rings (SSSR count). The van der Waals surface area contributed by atoms with Gasteiger partial charge in [0.15, 0.2) is 0 Å². The van der Waals surface area contributed by atoms with Crippen LogP contribution < -0.4 is 5.73 Å². The largest absolute Gasteiger partial charge is 0.480 e. The molecule has 1 aliphatic rings. The summed E-state index contributed by atoms with van der Waals surface area (Å²) in [6.07, 6.45) is 2.10. The van der Waals surface area contributed by atoms with Crippen LogP contribution in [0.25, 0.3) is 0 Å². The van der Waals surface area contributed by atoms with Gasteiger partial charge in [0.05, 0.1) is 0 Å². The van der Waals surface area contributed by atoms with Gasteiger partial charge in [0, 0.05) is 19.5 Å². The summed E-state index contributed by atoms with van der Waals surface area (Å²) in [6.45, 7) is 1.39. The highest BCUT2D eigenvalue weighted by atomic mass is 35.5. The molecule has 0 spiro atoms. The van der Waals surface area contributed by atoms with Gasteiger partial charge in [0.2, 0.25) is 5.91 Å². The Hall–Kier alpha value is -1.59. The first-order valence-corrected chi connectivity index (χ1v) is 6.91. The van der Waals surface area contributed by atoms with Crippen molar-refractivity contribution in [2.24, 2.45) is 5.73 Å². The third kappa shape index (κ3) is 4.72. The van der Waals surface area contributed by atoms with E-state index in [4.69, 9.17) is 10.8 Å². The maximum atomic E-state index is 12.1. The maximum Gasteiger partial charge on any atom is 0.320 e. The monoisotopic (exact) mass is 312 g/mol. The number of carboxylic acids is 1. The molecule has 0 radical (unpaired) electrons. The maximum absolute atomic E-state index is 12.1. The number of halogens is 1. The molecular formula is C15H21ClN2O3. The molecule has 0 fully saturated rings. The lowest BCUT2D eigenvalue weighted by atomic mass is 10.0. The number of amides is 1. The molecule has 0 aromatic heterocycles. The van der Waals surface area contributed by atoms with E-state index in [-0.39, 0.29) is 31.2 Å². The van der Waals surface area contributed by atoms with E-state index in [0.29, 0.717) is 13.1 Å². The Kier molecular flexibility index (Phi) is 6.65. The van der Waals surface area contributed by atoms with E-state index in [1.807, 2.05) is 17.0 Å². The Bertz CT molecular complexity index is 480. The van der Waals surface area contributed by atoms with Crippen LogP contribution in [0.1, 0.15) is 24.0 Å². The van der Waals surface area contributed by atoms with Crippen molar-refractivity contribution in [1.29, 1.82) is 0 Å². The second-order valence-corrected chi connectivity index (χ2v) is 5.13. The lowest BCUT2D eigenvalue weighted by molar-refractivity contribution is -0.139. The van der Waals surface area contributed by atoms with Crippen LogP contribution >= 0.6 is 12.4 Å². The SMILES string of the molecule is Cl.NC(CCC(=O)N1CCc2ccccc2CC1)C(=O)O. The molecule has 3 N–H and O–H groups in total. The van der Waals surface area contributed by atoms with Gasteiger partial charge in [0.25, 0.3) is 0 Å². The number of carbonyl (C=O) groups is 2. The Labute approximate surface area is 130 Å². The number of carboxylic acid groups (broad SMARTS) is 1. The van der Waals surface area contributed by atoms with Gasteiger partial charge in [-0.2, -0.15) is 0 Å². The second-order valence-electron chi connectivity index (χ2n) is 5.13. The number of nitrogens with two attached hydrogens (primary N) is 1. The van der Waals surface area contributed by atoms with Crippen LogP contribution in [0.15, 0.2) is 24.3 Å². The zero-order valence-corrected chi connectivity index (χ0v) is 12.6. The van der Waals surface area contributed by atoms with Crippen molar-refractivity contribution in [2.45, 2.75) is 31.7 Å². The van der Waals surface area contributed by atoms with Crippen molar-refractivity contribution in [3.05, 3.63) is 35.4 Å². The lowest BCUT2D eigenvalue weighted by Crippen LogP contribution is -2.36. The smallest absolute Gasteiger partial charge is 0.320 e. The Morgan fingerprint density at radius 2 is 1.71 bits per heavy atom. The molecular weight excluding hydrogens is 292 g/mol. The van der Waals surface area contributed by atoms with Crippen LogP contribution in [0.4, 0.5) is 0 Å². The molecule has 1 amide bonds. The number of hydrogen-bond donors (Lipinski definition) is 2. The standard InChI is InChI=1S/C15H20N2O3.ClH/c16-13(15(19)20)5-6-14(18)17-9-7-11-3-1-2-4-12(11)8-10-17;/h1-4,13H,5-10,16H2,(H,19,20);1H. The van der Waals surface area contributed by atoms with Gasteiger partial charge >= 0.3 is 5.97 Å². The number of rotatable bonds is 4. The first kappa shape index (κ1) is 17.5. The summed E-state index contributed by atoms with van der Waals surface area (Å²) in [5.74, 6) is -1.06. The fraction of sp³-hybridized carbons (Fsp3) is 0.467. The quantitative estimate of drug-likeness (QED) is 0.876. The van der Waals surface area contributed by atoms with Gasteiger partial charge in [-0.3, -0.25) is 9.59 Å². The summed E-state index contributed by atoms with van der Waals surface area (Å²) in [5.41, 5.74) is 8.02. The molecule has 1 atom stereocenters. The minimum atomic E-state index is -1.05. The van der Waals surface area contributed by atoms with Crippen LogP contribution in [0.2, 0.25) is 0 Å². The average molecular weight is 313 g/mol. The normalized spacial score (nSPS) is 15.4. The predicted octanol–water partition coefficient (Wildman–Crippen LogP) is 1.23. The third-order valence-electron chi connectivity index (χ3n) is 3.76. The van der Waals surface area contributed by atoms with Crippen molar-refractivity contribution in [2.75, 3.05) is 13.1 Å². The highest BCUT2D eigenvalue weighted by Gasteiger charge is 2.20. The number of fused-ring (bicyclic) bond motifs is 1. The van der Waals surface area contributed by atoms with Crippen molar-refractivity contribution < 1.29 is 14.7 Å². The van der Waals surface area contributed by atoms with Gasteiger partial charge in [-0.25, -0.2) is 0 Å². The van der Waals surface area contributed by atoms with Crippen molar-refractivity contribution in [1.82, 2.24) is 4.90 Å². The summed E-state index contributed by atoms with van der Waals surface area (Å²) >= 11 is 0. The average Bonchev–Trinajstić information content (AvgIpc) is 2.66. The van der Waals surface area contributed by atoms with Crippen LogP contribution in [0.5, 0.6) is 0 Å². The van der Waals surface area contributed by atoms with Crippen LogP contribution in [-0.4, -0.2) is 41.0 Å². The van der Waals surface area contributed by atoms with E-state index in [2.05, 4.69) is 12.1 Å². The van der Waals surface area contributed by atoms with Crippen molar-refractivity contribution in [3.8, 4) is 0 Å². The van der Waals surface area contributed by atoms with Crippen LogP contribution in [0.3, 0.4) is 0 Å². The third-order valence-corrected chi connectivity index (χ3v) is 3.76. The zero-order chi connectivity index (χ0) is 14.5. The molecule has 1 aromatic carbocycles. The summed E-state index contributed by atoms with van der Waals surface area (Å²) in [6, 6.07) is 7.28. The predicted molar refractivity (Wildman–Crippen MR) is 82.5 cm³/mol. The molecule has 0 saturated carbocycles. The minimum Gasteiger partial charge on any atom is -0.480 e. The molecule has 1 aliphatic heterocycles. The van der Waals surface area contributed by atoms with E-state index in [0.717, 1.165) is 12.8 Å². The van der Waals surface area contributed by atoms with Crippen LogP contribution in [0, 0.1) is 0 Å². The summed E-state index contributed by atoms with van der Waals surface area (Å²) < 4.78 is 0. The molecule has 1 unspecified atom stereocenters. The molecule has 5 nitrogen and oxygen atoms in total. The van der Waals surface area contributed by atoms with E-state index in [9.17, 15) is 9.59 Å². The summed E-state index contributed by atoms with van der Waals surface area (Å²) in [4.78, 5) is 24.6. The van der Waals surface area contributed by atoms with E-state index < -0.39 is 12.0 Å². The number of nitrogens with zero attached hydrogens (tertiary/aromatic N) is 1. The number of carbonyl (C=O) groups excluding carboxylic acids is 1. The second kappa shape index (κ2) is 8.00. The fourth-order valence-electron chi connectivity index (χ4n) is 2.48. The zero-order valence-electron chi connectivity index (χ0n) is 11.8. The lowest BCUT2D eigenvalue weighted by Gasteiger charge is -2.20. The van der Waals surface area contributed by atoms with Gasteiger partial charge in [-0.1, -0.05) is 24.3 Å². The molecule has 0 aliphatic carbocycles. The number of hydrogen-bond acceptors (Lipinski definition) is 3. The van der Waals surface area contributed by atoms with Crippen molar-refractivity contribution in [3.63, 3.8) is 0 Å². The molecule has 21 heavy (non-hydrogen) atoms. The highest BCUT2D eigenvalue weighted by molar-refractivity contribution is 5.85. The summed E-state index contributed by atoms with van der Waals surface area (Å²) in [5, 5.41) is 8.72. The molecule has 116 valence electrons. The number of aliphatic carboxylic acids is 1. The molecule has 1 heterocycles. The topological polar surface area (TPSA) is 83.6 Å². The van der Waals surface area contributed by atoms with E-state index in [1.165, 1.54) is 11.1 Å². The molecule has 1 aromatic rings. The van der Waals surface area contributed by atoms with E-state index in [1.54, 1.807) is 0 Å². The Balaban J connectivity index is 0.00000220. The first-order valence-electron chi connectivity index (χ1n) is 6.91.